The van der Waals surface area contributed by atoms with E-state index < -0.39 is 24.8 Å². The van der Waals surface area contributed by atoms with Crippen molar-refractivity contribution in [2.24, 2.45) is 0 Å². The number of fused-ring (bicyclic) bond motifs is 1. The lowest BCUT2D eigenvalue weighted by molar-refractivity contribution is -0.128. The number of piperidine rings is 1. The summed E-state index contributed by atoms with van der Waals surface area (Å²) in [6, 6.07) is 12.3. The smallest absolute Gasteiger partial charge is 0.376 e. The zero-order valence-electron chi connectivity index (χ0n) is 18.2. The summed E-state index contributed by atoms with van der Waals surface area (Å²) < 4.78 is 55.9. The molecule has 0 amide bonds. The lowest BCUT2D eigenvalue weighted by Crippen LogP contribution is -2.46. The zero-order valence-corrected chi connectivity index (χ0v) is 18.2. The van der Waals surface area contributed by atoms with Gasteiger partial charge in [-0.1, -0.05) is 24.1 Å². The lowest BCUT2D eigenvalue weighted by atomic mass is 10.0. The second kappa shape index (κ2) is 9.71. The minimum Gasteiger partial charge on any atom is -0.376 e. The monoisotopic (exact) mass is 459 g/mol. The summed E-state index contributed by atoms with van der Waals surface area (Å²) >= 11 is 0. The number of nitrogens with zero attached hydrogens (tertiary/aromatic N) is 3. The molecule has 2 unspecified atom stereocenters. The van der Waals surface area contributed by atoms with Gasteiger partial charge in [-0.05, 0) is 43.7 Å². The van der Waals surface area contributed by atoms with E-state index in [-0.39, 0.29) is 17.9 Å². The van der Waals surface area contributed by atoms with E-state index in [2.05, 4.69) is 27.5 Å². The number of aromatic nitrogens is 2. The normalized spacial score (nSPS) is 19.2. The van der Waals surface area contributed by atoms with Crippen LogP contribution in [0.25, 0.3) is 5.65 Å². The van der Waals surface area contributed by atoms with Crippen LogP contribution >= 0.6 is 0 Å². The van der Waals surface area contributed by atoms with E-state index in [0.717, 1.165) is 12.2 Å². The Balaban J connectivity index is 1.62. The van der Waals surface area contributed by atoms with Crippen molar-refractivity contribution in [3.05, 3.63) is 60.0 Å². The van der Waals surface area contributed by atoms with E-state index in [1.54, 1.807) is 12.1 Å². The summed E-state index contributed by atoms with van der Waals surface area (Å²) in [5.74, 6) is 5.65. The van der Waals surface area contributed by atoms with Crippen LogP contribution in [0.15, 0.2) is 48.7 Å². The molecule has 2 N–H and O–H groups in total. The van der Waals surface area contributed by atoms with Gasteiger partial charge in [-0.3, -0.25) is 0 Å². The Morgan fingerprint density at radius 1 is 1.15 bits per heavy atom. The number of nitrogens with one attached hydrogen (secondary N) is 2. The Bertz CT molecular complexity index is 1150. The quantitative estimate of drug-likeness (QED) is 0.440. The molecule has 2 aromatic heterocycles. The van der Waals surface area contributed by atoms with Crippen LogP contribution in [0.5, 0.6) is 0 Å². The van der Waals surface area contributed by atoms with Gasteiger partial charge in [0, 0.05) is 25.0 Å². The molecule has 33 heavy (non-hydrogen) atoms. The highest BCUT2D eigenvalue weighted by Crippen LogP contribution is 2.28. The fourth-order valence-electron chi connectivity index (χ4n) is 3.94. The van der Waals surface area contributed by atoms with Crippen LogP contribution in [-0.4, -0.2) is 59.4 Å². The Hall–Kier alpha value is -3.25. The molecule has 2 atom stereocenters. The van der Waals surface area contributed by atoms with E-state index >= 15 is 0 Å². The van der Waals surface area contributed by atoms with Gasteiger partial charge < -0.3 is 19.9 Å². The van der Waals surface area contributed by atoms with E-state index in [9.17, 15) is 17.6 Å². The molecule has 1 aliphatic rings. The van der Waals surface area contributed by atoms with Crippen molar-refractivity contribution in [2.45, 2.75) is 31.2 Å². The standard InChI is InChI=1S/C24H25F4N5/c1-32-14-11-19(18(25)16-32)30-21-10-6-13-33-22(15-24(26,27)28)20(31-23(21)33)9-5-12-29-17-7-3-2-4-8-17/h2-4,6-8,10,13,18-19,29-30H,11-12,14-16H2,1H3. The summed E-state index contributed by atoms with van der Waals surface area (Å²) in [6.45, 7) is 1.30. The first-order valence-electron chi connectivity index (χ1n) is 10.7. The molecule has 0 aliphatic carbocycles. The maximum atomic E-state index is 14.5. The maximum absolute atomic E-state index is 14.5. The first-order valence-corrected chi connectivity index (χ1v) is 10.7. The molecule has 1 fully saturated rings. The Morgan fingerprint density at radius 2 is 1.94 bits per heavy atom. The molecule has 1 aromatic carbocycles. The largest absolute Gasteiger partial charge is 0.394 e. The van der Waals surface area contributed by atoms with Crippen LogP contribution < -0.4 is 10.6 Å². The molecule has 3 heterocycles. The van der Waals surface area contributed by atoms with Crippen molar-refractivity contribution in [3.8, 4) is 11.8 Å². The minimum atomic E-state index is -4.42. The molecule has 0 radical (unpaired) electrons. The van der Waals surface area contributed by atoms with Crippen molar-refractivity contribution in [3.63, 3.8) is 0 Å². The van der Waals surface area contributed by atoms with Gasteiger partial charge in [0.25, 0.3) is 0 Å². The van der Waals surface area contributed by atoms with E-state index in [4.69, 9.17) is 0 Å². The Labute approximate surface area is 189 Å². The second-order valence-corrected chi connectivity index (χ2v) is 8.15. The molecule has 4 rings (SSSR count). The van der Waals surface area contributed by atoms with Gasteiger partial charge in [0.15, 0.2) is 5.65 Å². The summed E-state index contributed by atoms with van der Waals surface area (Å²) in [4.78, 5) is 6.33. The summed E-state index contributed by atoms with van der Waals surface area (Å²) in [7, 11) is 1.86. The minimum absolute atomic E-state index is 0.0338. The van der Waals surface area contributed by atoms with Crippen molar-refractivity contribution in [1.29, 1.82) is 0 Å². The van der Waals surface area contributed by atoms with E-state index in [1.807, 2.05) is 42.3 Å². The first kappa shape index (κ1) is 22.9. The molecular weight excluding hydrogens is 434 g/mol. The second-order valence-electron chi connectivity index (χ2n) is 8.15. The topological polar surface area (TPSA) is 44.6 Å². The number of hydrogen-bond acceptors (Lipinski definition) is 4. The van der Waals surface area contributed by atoms with Gasteiger partial charge in [0.1, 0.15) is 11.9 Å². The molecule has 9 heteroatoms. The average molecular weight is 459 g/mol. The fraction of sp³-hybridized carbons (Fsp3) is 0.375. The van der Waals surface area contributed by atoms with Gasteiger partial charge in [-0.15, -0.1) is 0 Å². The van der Waals surface area contributed by atoms with Crippen LogP contribution in [0.2, 0.25) is 0 Å². The van der Waals surface area contributed by atoms with Gasteiger partial charge >= 0.3 is 6.18 Å². The number of alkyl halides is 4. The number of imidazole rings is 1. The molecule has 1 aliphatic heterocycles. The zero-order chi connectivity index (χ0) is 23.4. The SMILES string of the molecule is CN1CCC(Nc2cccn3c(CC(F)(F)F)c(C#CCNc4ccccc4)nc23)C(F)C1. The first-order chi connectivity index (χ1) is 15.8. The van der Waals surface area contributed by atoms with Crippen LogP contribution in [0, 0.1) is 11.8 Å². The summed E-state index contributed by atoms with van der Waals surface area (Å²) in [6.07, 6.45) is -4.54. The predicted molar refractivity (Wildman–Crippen MR) is 121 cm³/mol. The predicted octanol–water partition coefficient (Wildman–Crippen LogP) is 4.36. The number of hydrogen-bond donors (Lipinski definition) is 2. The van der Waals surface area contributed by atoms with Gasteiger partial charge in [-0.25, -0.2) is 9.37 Å². The van der Waals surface area contributed by atoms with Crippen LogP contribution in [0.3, 0.4) is 0 Å². The molecule has 174 valence electrons. The lowest BCUT2D eigenvalue weighted by Gasteiger charge is -2.33. The fourth-order valence-corrected chi connectivity index (χ4v) is 3.94. The molecule has 3 aromatic rings. The molecule has 1 saturated heterocycles. The number of benzene rings is 1. The van der Waals surface area contributed by atoms with E-state index in [0.29, 0.717) is 24.3 Å². The third kappa shape index (κ3) is 5.76. The molecule has 5 nitrogen and oxygen atoms in total. The van der Waals surface area contributed by atoms with Crippen LogP contribution in [0.1, 0.15) is 17.8 Å². The number of rotatable bonds is 5. The molecular formula is C24H25F4N5. The molecule has 0 bridgehead atoms. The van der Waals surface area contributed by atoms with Crippen molar-refractivity contribution < 1.29 is 17.6 Å². The number of likely N-dealkylation sites (tertiary alicyclic amines) is 1. The van der Waals surface area contributed by atoms with Gasteiger partial charge in [-0.2, -0.15) is 13.2 Å². The Morgan fingerprint density at radius 3 is 2.67 bits per heavy atom. The van der Waals surface area contributed by atoms with Crippen LogP contribution in [0.4, 0.5) is 28.9 Å². The van der Waals surface area contributed by atoms with Gasteiger partial charge in [0.2, 0.25) is 0 Å². The third-order valence-corrected chi connectivity index (χ3v) is 5.56. The van der Waals surface area contributed by atoms with E-state index in [1.165, 1.54) is 10.6 Å². The molecule has 0 saturated carbocycles. The number of para-hydroxylation sites is 1. The number of halogens is 4. The average Bonchev–Trinajstić information content (AvgIpc) is 3.11. The van der Waals surface area contributed by atoms with Crippen molar-refractivity contribution >= 4 is 17.0 Å². The van der Waals surface area contributed by atoms with Crippen molar-refractivity contribution in [2.75, 3.05) is 37.3 Å². The van der Waals surface area contributed by atoms with Crippen LogP contribution in [-0.2, 0) is 6.42 Å². The summed E-state index contributed by atoms with van der Waals surface area (Å²) in [5, 5.41) is 6.26. The molecule has 0 spiro atoms. The highest BCUT2D eigenvalue weighted by Gasteiger charge is 2.32. The highest BCUT2D eigenvalue weighted by atomic mass is 19.4. The summed E-state index contributed by atoms with van der Waals surface area (Å²) in [5.41, 5.74) is 1.70. The number of pyridine rings is 1. The third-order valence-electron chi connectivity index (χ3n) is 5.56. The number of anilines is 2. The highest BCUT2D eigenvalue weighted by molar-refractivity contribution is 5.70. The maximum Gasteiger partial charge on any atom is 0.394 e. The Kier molecular flexibility index (Phi) is 6.75. The van der Waals surface area contributed by atoms with Crippen molar-refractivity contribution in [1.82, 2.24) is 14.3 Å². The van der Waals surface area contributed by atoms with Gasteiger partial charge in [0.05, 0.1) is 30.4 Å².